The molecule has 2 heterocycles. The lowest BCUT2D eigenvalue weighted by Crippen LogP contribution is -2.30. The van der Waals surface area contributed by atoms with E-state index in [4.69, 9.17) is 4.42 Å². The van der Waals surface area contributed by atoms with Gasteiger partial charge in [-0.2, -0.15) is 0 Å². The van der Waals surface area contributed by atoms with Gasteiger partial charge in [0.25, 0.3) is 0 Å². The van der Waals surface area contributed by atoms with E-state index < -0.39 is 0 Å². The Morgan fingerprint density at radius 3 is 3.11 bits per heavy atom. The molecule has 0 aromatic carbocycles. The highest BCUT2D eigenvalue weighted by Crippen LogP contribution is 2.10. The maximum atomic E-state index is 11.6. The molecule has 1 amide bonds. The van der Waals surface area contributed by atoms with Crippen molar-refractivity contribution in [3.63, 3.8) is 0 Å². The molecular formula is C14H22N2O2. The number of carbonyl (C=O) groups is 1. The predicted octanol–water partition coefficient (Wildman–Crippen LogP) is 1.64. The van der Waals surface area contributed by atoms with E-state index in [0.29, 0.717) is 12.3 Å². The van der Waals surface area contributed by atoms with Gasteiger partial charge in [-0.25, -0.2) is 0 Å². The molecule has 1 aromatic heterocycles. The minimum atomic E-state index is 0.158. The molecule has 0 bridgehead atoms. The Balaban J connectivity index is 1.57. The Hall–Kier alpha value is -1.29. The van der Waals surface area contributed by atoms with E-state index in [0.717, 1.165) is 44.0 Å². The zero-order valence-electron chi connectivity index (χ0n) is 11.0. The summed E-state index contributed by atoms with van der Waals surface area (Å²) >= 11 is 0. The topological polar surface area (TPSA) is 54.3 Å². The monoisotopic (exact) mass is 250 g/mol. The maximum absolute atomic E-state index is 11.6. The quantitative estimate of drug-likeness (QED) is 0.807. The third-order valence-corrected chi connectivity index (χ3v) is 3.37. The normalized spacial score (nSPS) is 19.1. The van der Waals surface area contributed by atoms with Crippen molar-refractivity contribution in [2.45, 2.75) is 32.6 Å². The van der Waals surface area contributed by atoms with Gasteiger partial charge in [0.05, 0.1) is 0 Å². The summed E-state index contributed by atoms with van der Waals surface area (Å²) in [4.78, 5) is 11.6. The van der Waals surface area contributed by atoms with E-state index in [1.54, 1.807) is 0 Å². The van der Waals surface area contributed by atoms with Crippen molar-refractivity contribution >= 4 is 5.91 Å². The van der Waals surface area contributed by atoms with Gasteiger partial charge in [-0.15, -0.1) is 0 Å². The fourth-order valence-electron chi connectivity index (χ4n) is 2.28. The lowest BCUT2D eigenvalue weighted by atomic mass is 10.1. The second-order valence-electron chi connectivity index (χ2n) is 5.03. The molecule has 0 aliphatic carbocycles. The molecule has 2 N–H and O–H groups in total. The van der Waals surface area contributed by atoms with Gasteiger partial charge in [-0.3, -0.25) is 4.79 Å². The molecule has 0 saturated carbocycles. The lowest BCUT2D eigenvalue weighted by molar-refractivity contribution is -0.121. The molecule has 4 nitrogen and oxygen atoms in total. The average Bonchev–Trinajstić information content (AvgIpc) is 2.98. The summed E-state index contributed by atoms with van der Waals surface area (Å²) in [6, 6.07) is 3.94. The highest BCUT2D eigenvalue weighted by atomic mass is 16.3. The van der Waals surface area contributed by atoms with Crippen LogP contribution in [-0.2, 0) is 11.2 Å². The van der Waals surface area contributed by atoms with Crippen LogP contribution < -0.4 is 10.6 Å². The van der Waals surface area contributed by atoms with Crippen LogP contribution in [0, 0.1) is 12.8 Å². The first-order valence-corrected chi connectivity index (χ1v) is 6.77. The van der Waals surface area contributed by atoms with E-state index in [2.05, 4.69) is 10.6 Å². The summed E-state index contributed by atoms with van der Waals surface area (Å²) in [6.07, 6.45) is 3.44. The molecule has 4 heteroatoms. The van der Waals surface area contributed by atoms with Gasteiger partial charge in [0, 0.05) is 19.4 Å². The Kier molecular flexibility index (Phi) is 4.81. The Labute approximate surface area is 108 Å². The van der Waals surface area contributed by atoms with Crippen molar-refractivity contribution in [3.8, 4) is 0 Å². The maximum Gasteiger partial charge on any atom is 0.220 e. The highest BCUT2D eigenvalue weighted by molar-refractivity contribution is 5.75. The molecule has 2 rings (SSSR count). The molecule has 1 fully saturated rings. The first-order chi connectivity index (χ1) is 8.74. The predicted molar refractivity (Wildman–Crippen MR) is 70.4 cm³/mol. The van der Waals surface area contributed by atoms with Crippen LogP contribution in [0.5, 0.6) is 0 Å². The number of rotatable bonds is 6. The molecule has 0 spiro atoms. The highest BCUT2D eigenvalue weighted by Gasteiger charge is 2.14. The summed E-state index contributed by atoms with van der Waals surface area (Å²) in [5.41, 5.74) is 0. The van der Waals surface area contributed by atoms with Crippen LogP contribution in [0.25, 0.3) is 0 Å². The van der Waals surface area contributed by atoms with E-state index in [9.17, 15) is 4.79 Å². The van der Waals surface area contributed by atoms with Gasteiger partial charge in [0.15, 0.2) is 0 Å². The zero-order chi connectivity index (χ0) is 12.8. The summed E-state index contributed by atoms with van der Waals surface area (Å²) < 4.78 is 5.47. The minimum Gasteiger partial charge on any atom is -0.466 e. The third-order valence-electron chi connectivity index (χ3n) is 3.37. The third kappa shape index (κ3) is 4.18. The lowest BCUT2D eigenvalue weighted by Gasteiger charge is -2.09. The first-order valence-electron chi connectivity index (χ1n) is 6.77. The van der Waals surface area contributed by atoms with Gasteiger partial charge in [-0.1, -0.05) is 0 Å². The first kappa shape index (κ1) is 13.1. The zero-order valence-corrected chi connectivity index (χ0v) is 11.0. The number of furan rings is 1. The molecule has 1 aromatic rings. The van der Waals surface area contributed by atoms with Crippen LogP contribution in [0.4, 0.5) is 0 Å². The Bertz CT molecular complexity index is 381. The molecule has 18 heavy (non-hydrogen) atoms. The van der Waals surface area contributed by atoms with Gasteiger partial charge in [-0.05, 0) is 50.9 Å². The second kappa shape index (κ2) is 6.59. The smallest absolute Gasteiger partial charge is 0.220 e. The van der Waals surface area contributed by atoms with Crippen molar-refractivity contribution < 1.29 is 9.21 Å². The van der Waals surface area contributed by atoms with Crippen molar-refractivity contribution in [2.75, 3.05) is 19.6 Å². The van der Waals surface area contributed by atoms with Crippen LogP contribution in [-0.4, -0.2) is 25.5 Å². The fraction of sp³-hybridized carbons (Fsp3) is 0.643. The van der Waals surface area contributed by atoms with Crippen molar-refractivity contribution in [1.29, 1.82) is 0 Å². The van der Waals surface area contributed by atoms with E-state index in [1.165, 1.54) is 6.42 Å². The van der Waals surface area contributed by atoms with Crippen LogP contribution in [0.2, 0.25) is 0 Å². The van der Waals surface area contributed by atoms with Crippen molar-refractivity contribution in [3.05, 3.63) is 23.7 Å². The van der Waals surface area contributed by atoms with Crippen LogP contribution in [0.15, 0.2) is 16.5 Å². The van der Waals surface area contributed by atoms with E-state index in [1.807, 2.05) is 19.1 Å². The summed E-state index contributed by atoms with van der Waals surface area (Å²) in [7, 11) is 0. The van der Waals surface area contributed by atoms with Crippen LogP contribution in [0.1, 0.15) is 30.8 Å². The SMILES string of the molecule is Cc1ccc(CCCC(=O)NCC2CCNC2)o1. The fourth-order valence-corrected chi connectivity index (χ4v) is 2.28. The van der Waals surface area contributed by atoms with Gasteiger partial charge >= 0.3 is 0 Å². The van der Waals surface area contributed by atoms with Crippen LogP contribution in [0.3, 0.4) is 0 Å². The van der Waals surface area contributed by atoms with Gasteiger partial charge in [0.1, 0.15) is 11.5 Å². The van der Waals surface area contributed by atoms with Crippen molar-refractivity contribution in [1.82, 2.24) is 10.6 Å². The van der Waals surface area contributed by atoms with Crippen molar-refractivity contribution in [2.24, 2.45) is 5.92 Å². The Morgan fingerprint density at radius 2 is 2.44 bits per heavy atom. The molecule has 1 aliphatic rings. The Morgan fingerprint density at radius 1 is 1.56 bits per heavy atom. The number of amides is 1. The number of nitrogens with one attached hydrogen (secondary N) is 2. The largest absolute Gasteiger partial charge is 0.466 e. The average molecular weight is 250 g/mol. The molecule has 100 valence electrons. The number of hydrogen-bond donors (Lipinski definition) is 2. The van der Waals surface area contributed by atoms with E-state index >= 15 is 0 Å². The molecule has 0 radical (unpaired) electrons. The van der Waals surface area contributed by atoms with Gasteiger partial charge in [0.2, 0.25) is 5.91 Å². The number of hydrogen-bond acceptors (Lipinski definition) is 3. The number of aryl methyl sites for hydroxylation is 2. The van der Waals surface area contributed by atoms with Gasteiger partial charge < -0.3 is 15.1 Å². The summed E-state index contributed by atoms with van der Waals surface area (Å²) in [5, 5.41) is 6.31. The molecule has 1 aliphatic heterocycles. The number of carbonyl (C=O) groups excluding carboxylic acids is 1. The minimum absolute atomic E-state index is 0.158. The molecule has 1 unspecified atom stereocenters. The molecule has 1 atom stereocenters. The standard InChI is InChI=1S/C14H22N2O2/c1-11-5-6-13(18-11)3-2-4-14(17)16-10-12-7-8-15-9-12/h5-6,12,15H,2-4,7-10H2,1H3,(H,16,17). The summed E-state index contributed by atoms with van der Waals surface area (Å²) in [5.74, 6) is 2.68. The summed E-state index contributed by atoms with van der Waals surface area (Å²) in [6.45, 7) is 4.86. The molecule has 1 saturated heterocycles. The van der Waals surface area contributed by atoms with Crippen LogP contribution >= 0.6 is 0 Å². The molecular weight excluding hydrogens is 228 g/mol. The second-order valence-corrected chi connectivity index (χ2v) is 5.03. The van der Waals surface area contributed by atoms with E-state index in [-0.39, 0.29) is 5.91 Å².